The zero-order chi connectivity index (χ0) is 36.0. The lowest BCUT2D eigenvalue weighted by Crippen LogP contribution is -2.53. The SMILES string of the molecule is CC(C)(C)OC(=O)N[C@]12C[C@H]1/C=C\CCCCCS(=O)(=O)NC2=O.CC(C)(C)OC(=O)N[C@]12C[C@H]1CCCCCCCS(=O)(=O)NC2=O. The summed E-state index contributed by atoms with van der Waals surface area (Å²) in [4.78, 5) is 49.2. The van der Waals surface area contributed by atoms with Crippen LogP contribution in [0.2, 0.25) is 0 Å². The molecule has 0 bridgehead atoms. The van der Waals surface area contributed by atoms with Gasteiger partial charge in [-0.1, -0.05) is 44.3 Å². The van der Waals surface area contributed by atoms with E-state index in [1.807, 2.05) is 12.2 Å². The highest BCUT2D eigenvalue weighted by molar-refractivity contribution is 7.90. The van der Waals surface area contributed by atoms with Gasteiger partial charge in [0.15, 0.2) is 0 Å². The number of fused-ring (bicyclic) bond motifs is 2. The minimum absolute atomic E-state index is 0.0420. The van der Waals surface area contributed by atoms with Gasteiger partial charge < -0.3 is 20.1 Å². The average Bonchev–Trinajstić information content (AvgIpc) is 3.79. The number of hydrogen-bond donors (Lipinski definition) is 4. The smallest absolute Gasteiger partial charge is 0.408 e. The number of allylic oxidation sites excluding steroid dienone is 1. The van der Waals surface area contributed by atoms with Gasteiger partial charge in [-0.3, -0.25) is 19.0 Å². The fourth-order valence-electron chi connectivity index (χ4n) is 5.89. The largest absolute Gasteiger partial charge is 0.444 e. The summed E-state index contributed by atoms with van der Waals surface area (Å²) < 4.78 is 62.8. The Hall–Kier alpha value is -2.88. The molecule has 0 spiro atoms. The lowest BCUT2D eigenvalue weighted by molar-refractivity contribution is -0.123. The molecular weight excluding hydrogens is 665 g/mol. The summed E-state index contributed by atoms with van der Waals surface area (Å²) >= 11 is 0. The highest BCUT2D eigenvalue weighted by Gasteiger charge is 2.62. The lowest BCUT2D eigenvalue weighted by Gasteiger charge is -2.24. The van der Waals surface area contributed by atoms with Gasteiger partial charge in [-0.2, -0.15) is 0 Å². The van der Waals surface area contributed by atoms with Gasteiger partial charge in [0.2, 0.25) is 20.0 Å². The van der Waals surface area contributed by atoms with Gasteiger partial charge in [0.25, 0.3) is 11.8 Å². The third-order valence-electron chi connectivity index (χ3n) is 8.49. The molecule has 2 heterocycles. The Kier molecular flexibility index (Phi) is 12.6. The van der Waals surface area contributed by atoms with Crippen LogP contribution in [0.5, 0.6) is 0 Å². The number of amides is 4. The van der Waals surface area contributed by atoms with Gasteiger partial charge in [0.1, 0.15) is 22.3 Å². The van der Waals surface area contributed by atoms with E-state index in [0.717, 1.165) is 51.4 Å². The van der Waals surface area contributed by atoms with Gasteiger partial charge in [-0.05, 0) is 92.4 Å². The van der Waals surface area contributed by atoms with Crippen molar-refractivity contribution in [3.05, 3.63) is 12.2 Å². The third kappa shape index (κ3) is 12.2. The second-order valence-electron chi connectivity index (χ2n) is 15.2. The van der Waals surface area contributed by atoms with Crippen LogP contribution in [-0.2, 0) is 39.1 Å². The number of ether oxygens (including phenoxy) is 2. The summed E-state index contributed by atoms with van der Waals surface area (Å²) in [5.41, 5.74) is -3.78. The Morgan fingerprint density at radius 1 is 0.708 bits per heavy atom. The molecule has 4 amide bonds. The van der Waals surface area contributed by atoms with Gasteiger partial charge in [0.05, 0.1) is 11.5 Å². The summed E-state index contributed by atoms with van der Waals surface area (Å²) in [5.74, 6) is -1.75. The molecule has 274 valence electrons. The predicted molar refractivity (Wildman–Crippen MR) is 180 cm³/mol. The van der Waals surface area contributed by atoms with Crippen LogP contribution >= 0.6 is 0 Å². The van der Waals surface area contributed by atoms with Crippen molar-refractivity contribution in [1.82, 2.24) is 20.1 Å². The van der Waals surface area contributed by atoms with E-state index in [4.69, 9.17) is 9.47 Å². The normalized spacial score (nSPS) is 31.1. The number of sulfonamides is 2. The molecule has 2 aliphatic heterocycles. The minimum atomic E-state index is -3.69. The molecule has 4 aliphatic rings. The molecule has 0 aromatic rings. The van der Waals surface area contributed by atoms with Crippen molar-refractivity contribution in [2.45, 2.75) is 141 Å². The maximum Gasteiger partial charge on any atom is 0.408 e. The predicted octanol–water partition coefficient (Wildman–Crippen LogP) is 3.92. The van der Waals surface area contributed by atoms with Gasteiger partial charge in [-0.15, -0.1) is 0 Å². The Morgan fingerprint density at radius 3 is 1.71 bits per heavy atom. The van der Waals surface area contributed by atoms with Crippen LogP contribution in [0.25, 0.3) is 0 Å². The molecule has 0 aromatic heterocycles. The van der Waals surface area contributed by atoms with E-state index in [1.165, 1.54) is 0 Å². The first-order valence-electron chi connectivity index (χ1n) is 16.9. The first-order valence-corrected chi connectivity index (χ1v) is 20.2. The van der Waals surface area contributed by atoms with Crippen LogP contribution in [0.3, 0.4) is 0 Å². The molecule has 1 saturated heterocycles. The number of rotatable bonds is 2. The summed E-state index contributed by atoms with van der Waals surface area (Å²) in [7, 11) is -7.36. The summed E-state index contributed by atoms with van der Waals surface area (Å²) in [6.07, 6.45) is 11.5. The molecular formula is C32H54N4O10S2. The van der Waals surface area contributed by atoms with Crippen LogP contribution in [0.1, 0.15) is 119 Å². The summed E-state index contributed by atoms with van der Waals surface area (Å²) in [5, 5.41) is 5.20. The van der Waals surface area contributed by atoms with E-state index >= 15 is 0 Å². The highest BCUT2D eigenvalue weighted by Crippen LogP contribution is 2.48. The van der Waals surface area contributed by atoms with Crippen LogP contribution < -0.4 is 20.1 Å². The number of carbonyl (C=O) groups is 4. The monoisotopic (exact) mass is 718 g/mol. The Labute approximate surface area is 285 Å². The first-order chi connectivity index (χ1) is 22.1. The lowest BCUT2D eigenvalue weighted by atomic mass is 10.1. The standard InChI is InChI=1S/C16H28N2O5S.C16H26N2O5S/c2*1-15(2,3)23-14(20)17-16-11-12(16)9-7-5-4-6-8-10-24(21,22)18-13(16)19/h12H,4-11H2,1-3H3,(H,17,20)(H,18,19);7,9,12H,4-6,8,10-11H2,1-3H3,(H,17,20)(H,18,19)/b;9-7-/t2*12-,16-/m11/s1. The Morgan fingerprint density at radius 2 is 1.17 bits per heavy atom. The van der Waals surface area contributed by atoms with E-state index in [-0.39, 0.29) is 23.3 Å². The summed E-state index contributed by atoms with van der Waals surface area (Å²) in [6.45, 7) is 10.4. The van der Waals surface area contributed by atoms with Crippen LogP contribution in [-0.4, -0.2) is 74.6 Å². The third-order valence-corrected chi connectivity index (χ3v) is 11.1. The minimum Gasteiger partial charge on any atom is -0.444 e. The zero-order valence-electron chi connectivity index (χ0n) is 29.1. The van der Waals surface area contributed by atoms with Crippen molar-refractivity contribution in [3.63, 3.8) is 0 Å². The fraction of sp³-hybridized carbons (Fsp3) is 0.812. The molecule has 4 rings (SSSR count). The molecule has 4 atom stereocenters. The molecule has 4 N–H and O–H groups in total. The number of carbonyl (C=O) groups excluding carboxylic acids is 4. The van der Waals surface area contributed by atoms with Crippen LogP contribution in [0.15, 0.2) is 12.2 Å². The van der Waals surface area contributed by atoms with Gasteiger partial charge >= 0.3 is 12.2 Å². The van der Waals surface area contributed by atoms with E-state index in [2.05, 4.69) is 20.1 Å². The Balaban J connectivity index is 0.000000260. The zero-order valence-corrected chi connectivity index (χ0v) is 30.7. The van der Waals surface area contributed by atoms with E-state index in [9.17, 15) is 36.0 Å². The second kappa shape index (κ2) is 15.3. The van der Waals surface area contributed by atoms with Crippen LogP contribution in [0.4, 0.5) is 9.59 Å². The molecule has 16 heteroatoms. The first kappa shape index (κ1) is 39.6. The quantitative estimate of drug-likeness (QED) is 0.303. The van der Waals surface area contributed by atoms with E-state index in [1.54, 1.807) is 41.5 Å². The van der Waals surface area contributed by atoms with Crippen molar-refractivity contribution in [1.29, 1.82) is 0 Å². The molecule has 0 aromatic carbocycles. The van der Waals surface area contributed by atoms with Crippen molar-refractivity contribution in [2.24, 2.45) is 11.8 Å². The maximum absolute atomic E-state index is 12.5. The molecule has 3 fully saturated rings. The topological polar surface area (TPSA) is 203 Å². The molecule has 48 heavy (non-hydrogen) atoms. The second-order valence-corrected chi connectivity index (χ2v) is 18.9. The van der Waals surface area contributed by atoms with Gasteiger partial charge in [0, 0.05) is 5.92 Å². The highest BCUT2D eigenvalue weighted by atomic mass is 32.2. The molecule has 0 unspecified atom stereocenters. The molecule has 2 aliphatic carbocycles. The van der Waals surface area contributed by atoms with Crippen molar-refractivity contribution < 1.29 is 45.5 Å². The molecule has 2 saturated carbocycles. The molecule has 0 radical (unpaired) electrons. The fourth-order valence-corrected chi connectivity index (χ4v) is 8.19. The maximum atomic E-state index is 12.5. The van der Waals surface area contributed by atoms with Crippen molar-refractivity contribution in [2.75, 3.05) is 11.5 Å². The number of hydrogen-bond acceptors (Lipinski definition) is 10. The van der Waals surface area contributed by atoms with E-state index in [0.29, 0.717) is 25.7 Å². The number of alkyl carbamates (subject to hydrolysis) is 2. The molecule has 14 nitrogen and oxygen atoms in total. The Bertz CT molecular complexity index is 1450. The van der Waals surface area contributed by atoms with Crippen LogP contribution in [0, 0.1) is 11.8 Å². The summed E-state index contributed by atoms with van der Waals surface area (Å²) in [6, 6.07) is 0. The average molecular weight is 719 g/mol. The van der Waals surface area contributed by atoms with Crippen molar-refractivity contribution in [3.8, 4) is 0 Å². The van der Waals surface area contributed by atoms with E-state index < -0.39 is 66.3 Å². The number of nitrogens with one attached hydrogen (secondary N) is 4. The van der Waals surface area contributed by atoms with Crippen molar-refractivity contribution >= 4 is 44.0 Å². The van der Waals surface area contributed by atoms with Gasteiger partial charge in [-0.25, -0.2) is 26.4 Å².